The van der Waals surface area contributed by atoms with Gasteiger partial charge in [0.15, 0.2) is 0 Å². The van der Waals surface area contributed by atoms with E-state index in [-0.39, 0.29) is 11.9 Å². The Balaban J connectivity index is 1.70. The maximum Gasteiger partial charge on any atom is 0.254 e. The molecule has 1 aromatic heterocycles. The lowest BCUT2D eigenvalue weighted by Gasteiger charge is -2.18. The lowest BCUT2D eigenvalue weighted by Crippen LogP contribution is -2.38. The summed E-state index contributed by atoms with van der Waals surface area (Å²) in [6.07, 6.45) is 4.77. The van der Waals surface area contributed by atoms with E-state index in [1.807, 2.05) is 25.1 Å². The van der Waals surface area contributed by atoms with Crippen molar-refractivity contribution in [1.82, 2.24) is 15.5 Å². The first-order valence-electron chi connectivity index (χ1n) is 7.61. The average molecular weight is 299 g/mol. The first kappa shape index (κ1) is 14.6. The number of methoxy groups -OCH3 is 1. The Morgan fingerprint density at radius 2 is 2.32 bits per heavy atom. The average Bonchev–Trinajstić information content (AvgIpc) is 3.28. The number of H-pyrrole nitrogens is 1. The lowest BCUT2D eigenvalue weighted by atomic mass is 10.0. The molecule has 1 amide bonds. The van der Waals surface area contributed by atoms with Crippen molar-refractivity contribution in [3.05, 3.63) is 47.3 Å². The van der Waals surface area contributed by atoms with E-state index < -0.39 is 0 Å². The highest BCUT2D eigenvalue weighted by molar-refractivity contribution is 5.95. The van der Waals surface area contributed by atoms with E-state index in [9.17, 15) is 4.79 Å². The number of nitrogens with one attached hydrogen (secondary N) is 2. The fourth-order valence-electron chi connectivity index (χ4n) is 2.71. The number of nitrogens with zero attached hydrogens (tertiary/aromatic N) is 1. The van der Waals surface area contributed by atoms with Crippen molar-refractivity contribution >= 4 is 5.91 Å². The van der Waals surface area contributed by atoms with Crippen LogP contribution in [-0.4, -0.2) is 29.3 Å². The van der Waals surface area contributed by atoms with Gasteiger partial charge in [-0.2, -0.15) is 5.10 Å². The van der Waals surface area contributed by atoms with Gasteiger partial charge < -0.3 is 10.1 Å². The highest BCUT2D eigenvalue weighted by Crippen LogP contribution is 2.34. The van der Waals surface area contributed by atoms with Crippen LogP contribution >= 0.6 is 0 Å². The van der Waals surface area contributed by atoms with Gasteiger partial charge >= 0.3 is 0 Å². The van der Waals surface area contributed by atoms with Crippen LogP contribution in [0.1, 0.15) is 34.5 Å². The number of aryl methyl sites for hydroxylation is 1. The zero-order valence-corrected chi connectivity index (χ0v) is 12.9. The Labute approximate surface area is 130 Å². The zero-order valence-electron chi connectivity index (χ0n) is 12.9. The van der Waals surface area contributed by atoms with E-state index in [1.165, 1.54) is 18.4 Å². The Hall–Kier alpha value is -2.30. The van der Waals surface area contributed by atoms with Crippen LogP contribution in [0.15, 0.2) is 30.5 Å². The minimum atomic E-state index is -0.0500. The summed E-state index contributed by atoms with van der Waals surface area (Å²) < 4.78 is 5.27. The summed E-state index contributed by atoms with van der Waals surface area (Å²) in [6, 6.07) is 8.19. The van der Waals surface area contributed by atoms with Crippen LogP contribution < -0.4 is 10.1 Å². The molecule has 5 heteroatoms. The normalized spacial score (nSPS) is 15.4. The number of hydrogen-bond donors (Lipinski definition) is 2. The van der Waals surface area contributed by atoms with Gasteiger partial charge in [0.2, 0.25) is 0 Å². The maximum atomic E-state index is 12.4. The smallest absolute Gasteiger partial charge is 0.254 e. The molecule has 1 unspecified atom stereocenters. The minimum absolute atomic E-state index is 0.0500. The van der Waals surface area contributed by atoms with Crippen LogP contribution in [-0.2, 0) is 6.42 Å². The van der Waals surface area contributed by atoms with Crippen LogP contribution in [0.25, 0.3) is 0 Å². The van der Waals surface area contributed by atoms with Gasteiger partial charge in [-0.05, 0) is 49.8 Å². The van der Waals surface area contributed by atoms with Crippen LogP contribution in [0.4, 0.5) is 0 Å². The second kappa shape index (κ2) is 6.22. The fraction of sp³-hybridized carbons (Fsp3) is 0.412. The molecule has 1 atom stereocenters. The lowest BCUT2D eigenvalue weighted by molar-refractivity contribution is 0.0931. The molecule has 0 aliphatic heterocycles. The largest absolute Gasteiger partial charge is 0.497 e. The zero-order chi connectivity index (χ0) is 15.5. The van der Waals surface area contributed by atoms with Gasteiger partial charge in [-0.3, -0.25) is 9.89 Å². The van der Waals surface area contributed by atoms with Gasteiger partial charge in [-0.1, -0.05) is 12.1 Å². The number of carbonyl (C=O) groups excluding carboxylic acids is 1. The molecule has 1 saturated carbocycles. The molecule has 1 aliphatic rings. The van der Waals surface area contributed by atoms with Gasteiger partial charge in [-0.15, -0.1) is 0 Å². The SMILES string of the molecule is COc1cccc(CC(NC(=O)c2cn[nH]c2C)C2CC2)c1. The standard InChI is InChI=1S/C17H21N3O2/c1-11-15(10-18-20-11)17(21)19-16(13-6-7-13)9-12-4-3-5-14(8-12)22-2/h3-5,8,10,13,16H,6-7,9H2,1-2H3,(H,18,20)(H,19,21). The van der Waals surface area contributed by atoms with Crippen LogP contribution in [0.3, 0.4) is 0 Å². The van der Waals surface area contributed by atoms with Crippen molar-refractivity contribution in [2.75, 3.05) is 7.11 Å². The van der Waals surface area contributed by atoms with Gasteiger partial charge in [0.1, 0.15) is 5.75 Å². The van der Waals surface area contributed by atoms with Crippen molar-refractivity contribution in [1.29, 1.82) is 0 Å². The molecule has 22 heavy (non-hydrogen) atoms. The number of ether oxygens (including phenoxy) is 1. The first-order chi connectivity index (χ1) is 10.7. The summed E-state index contributed by atoms with van der Waals surface area (Å²) in [4.78, 5) is 12.4. The van der Waals surface area contributed by atoms with E-state index in [4.69, 9.17) is 4.74 Å². The monoisotopic (exact) mass is 299 g/mol. The number of hydrogen-bond acceptors (Lipinski definition) is 3. The van der Waals surface area contributed by atoms with Crippen molar-refractivity contribution in [3.63, 3.8) is 0 Å². The molecule has 3 rings (SSSR count). The molecule has 0 radical (unpaired) electrons. The van der Waals surface area contributed by atoms with Crippen LogP contribution in [0.5, 0.6) is 5.75 Å². The number of benzene rings is 1. The molecule has 5 nitrogen and oxygen atoms in total. The summed E-state index contributed by atoms with van der Waals surface area (Å²) in [5.41, 5.74) is 2.60. The van der Waals surface area contributed by atoms with Crippen LogP contribution in [0.2, 0.25) is 0 Å². The van der Waals surface area contributed by atoms with E-state index in [1.54, 1.807) is 13.3 Å². The number of carbonyl (C=O) groups is 1. The molecule has 1 aliphatic carbocycles. The molecule has 116 valence electrons. The predicted molar refractivity (Wildman–Crippen MR) is 84.0 cm³/mol. The van der Waals surface area contributed by atoms with E-state index in [0.717, 1.165) is 17.9 Å². The second-order valence-electron chi connectivity index (χ2n) is 5.88. The maximum absolute atomic E-state index is 12.4. The van der Waals surface area contributed by atoms with Gasteiger partial charge in [0, 0.05) is 11.7 Å². The van der Waals surface area contributed by atoms with E-state index in [0.29, 0.717) is 11.5 Å². The highest BCUT2D eigenvalue weighted by atomic mass is 16.5. The summed E-state index contributed by atoms with van der Waals surface area (Å²) in [5, 5.41) is 9.89. The Bertz CT molecular complexity index is 661. The molecule has 1 heterocycles. The first-order valence-corrected chi connectivity index (χ1v) is 7.61. The highest BCUT2D eigenvalue weighted by Gasteiger charge is 2.32. The third kappa shape index (κ3) is 3.30. The molecule has 0 spiro atoms. The second-order valence-corrected chi connectivity index (χ2v) is 5.88. The summed E-state index contributed by atoms with van der Waals surface area (Å²) in [7, 11) is 1.67. The predicted octanol–water partition coefficient (Wildman–Crippen LogP) is 2.48. The van der Waals surface area contributed by atoms with Crippen LogP contribution in [0, 0.1) is 12.8 Å². The topological polar surface area (TPSA) is 67.0 Å². The Morgan fingerprint density at radius 1 is 1.50 bits per heavy atom. The molecule has 0 saturated heterocycles. The Kier molecular flexibility index (Phi) is 4.13. The van der Waals surface area contributed by atoms with E-state index >= 15 is 0 Å². The third-order valence-corrected chi connectivity index (χ3v) is 4.17. The van der Waals surface area contributed by atoms with Crippen molar-refractivity contribution < 1.29 is 9.53 Å². The summed E-state index contributed by atoms with van der Waals surface area (Å²) in [5.74, 6) is 1.37. The number of rotatable bonds is 6. The van der Waals surface area contributed by atoms with Crippen molar-refractivity contribution in [2.45, 2.75) is 32.2 Å². The molecule has 2 aromatic rings. The molecule has 2 N–H and O–H groups in total. The summed E-state index contributed by atoms with van der Waals surface area (Å²) in [6.45, 7) is 1.86. The van der Waals surface area contributed by atoms with Gasteiger partial charge in [-0.25, -0.2) is 0 Å². The van der Waals surface area contributed by atoms with E-state index in [2.05, 4.69) is 21.6 Å². The number of amides is 1. The summed E-state index contributed by atoms with van der Waals surface area (Å²) >= 11 is 0. The quantitative estimate of drug-likeness (QED) is 0.861. The molecule has 1 fully saturated rings. The molecular weight excluding hydrogens is 278 g/mol. The van der Waals surface area contributed by atoms with Gasteiger partial charge in [0.05, 0.1) is 18.9 Å². The third-order valence-electron chi connectivity index (χ3n) is 4.17. The Morgan fingerprint density at radius 3 is 2.95 bits per heavy atom. The fourth-order valence-corrected chi connectivity index (χ4v) is 2.71. The van der Waals surface area contributed by atoms with Crippen molar-refractivity contribution in [3.8, 4) is 5.75 Å². The molecule has 0 bridgehead atoms. The number of aromatic nitrogens is 2. The number of aromatic amines is 1. The minimum Gasteiger partial charge on any atom is -0.497 e. The molecular formula is C17H21N3O2. The van der Waals surface area contributed by atoms with Crippen molar-refractivity contribution in [2.24, 2.45) is 5.92 Å². The van der Waals surface area contributed by atoms with Gasteiger partial charge in [0.25, 0.3) is 5.91 Å². The molecule has 1 aromatic carbocycles.